The van der Waals surface area contributed by atoms with E-state index < -0.39 is 0 Å². The zero-order chi connectivity index (χ0) is 9.94. The van der Waals surface area contributed by atoms with E-state index in [0.717, 1.165) is 19.6 Å². The van der Waals surface area contributed by atoms with Crippen LogP contribution in [0.25, 0.3) is 0 Å². The van der Waals surface area contributed by atoms with Crippen molar-refractivity contribution in [1.29, 1.82) is 0 Å². The molecule has 4 nitrogen and oxygen atoms in total. The molecule has 1 aliphatic heterocycles. The summed E-state index contributed by atoms with van der Waals surface area (Å²) in [5.74, 6) is 0. The van der Waals surface area contributed by atoms with E-state index in [1.807, 2.05) is 0 Å². The van der Waals surface area contributed by atoms with E-state index in [1.165, 1.54) is 19.4 Å². The molecule has 1 unspecified atom stereocenters. The van der Waals surface area contributed by atoms with Crippen molar-refractivity contribution in [2.75, 3.05) is 19.8 Å². The number of rotatable bonds is 4. The predicted octanol–water partition coefficient (Wildman–Crippen LogP) is 0.866. The molecule has 1 fully saturated rings. The Hall–Kier alpha value is -0.610. The number of carbonyl (C=O) groups is 1. The minimum absolute atomic E-state index is 0.250. The van der Waals surface area contributed by atoms with Gasteiger partial charge in [-0.05, 0) is 25.8 Å². The summed E-state index contributed by atoms with van der Waals surface area (Å²) < 4.78 is 5.40. The fraction of sp³-hybridized carbons (Fsp3) is 0.889. The highest BCUT2D eigenvalue weighted by Crippen LogP contribution is 2.04. The summed E-state index contributed by atoms with van der Waals surface area (Å²) in [6.45, 7) is 4.90. The van der Waals surface area contributed by atoms with E-state index in [1.54, 1.807) is 0 Å². The van der Waals surface area contributed by atoms with Crippen molar-refractivity contribution in [3.63, 3.8) is 0 Å². The second-order valence-electron chi connectivity index (χ2n) is 2.97. The Bertz CT molecular complexity index is 113. The van der Waals surface area contributed by atoms with Gasteiger partial charge in [-0.2, -0.15) is 0 Å². The number of ether oxygens (including phenoxy) is 1. The molecule has 0 saturated carbocycles. The molecule has 13 heavy (non-hydrogen) atoms. The molecule has 0 spiro atoms. The molecule has 1 saturated heterocycles. The van der Waals surface area contributed by atoms with Gasteiger partial charge in [0, 0.05) is 12.6 Å². The minimum Gasteiger partial charge on any atom is -0.483 e. The standard InChI is InChI=1S/C8H17NO.CH2O2/c1-2-6-10-7-8-4-3-5-9-8;2-1-3/h8-9H,2-7H2,1H3;1H,(H,2,3). The normalized spacial score (nSPS) is 20.5. The van der Waals surface area contributed by atoms with Crippen molar-refractivity contribution in [2.45, 2.75) is 32.2 Å². The third kappa shape index (κ3) is 7.74. The van der Waals surface area contributed by atoms with Gasteiger partial charge in [0.2, 0.25) is 0 Å². The van der Waals surface area contributed by atoms with Crippen molar-refractivity contribution in [3.05, 3.63) is 0 Å². The van der Waals surface area contributed by atoms with Crippen molar-refractivity contribution in [1.82, 2.24) is 5.32 Å². The number of hydrogen-bond donors (Lipinski definition) is 2. The van der Waals surface area contributed by atoms with Crippen LogP contribution in [0.4, 0.5) is 0 Å². The molecule has 0 aliphatic carbocycles. The zero-order valence-corrected chi connectivity index (χ0v) is 8.16. The third-order valence-corrected chi connectivity index (χ3v) is 1.83. The Morgan fingerprint density at radius 2 is 2.38 bits per heavy atom. The summed E-state index contributed by atoms with van der Waals surface area (Å²) in [6, 6.07) is 0.645. The summed E-state index contributed by atoms with van der Waals surface area (Å²) in [4.78, 5) is 8.36. The summed E-state index contributed by atoms with van der Waals surface area (Å²) in [6.07, 6.45) is 3.75. The third-order valence-electron chi connectivity index (χ3n) is 1.83. The number of hydrogen-bond acceptors (Lipinski definition) is 3. The molecular weight excluding hydrogens is 170 g/mol. The second kappa shape index (κ2) is 9.48. The molecule has 1 atom stereocenters. The van der Waals surface area contributed by atoms with Gasteiger partial charge in [0.15, 0.2) is 0 Å². The zero-order valence-electron chi connectivity index (χ0n) is 8.16. The lowest BCUT2D eigenvalue weighted by Gasteiger charge is -2.09. The molecule has 0 bridgehead atoms. The Labute approximate surface area is 79.3 Å². The summed E-state index contributed by atoms with van der Waals surface area (Å²) in [7, 11) is 0. The van der Waals surface area contributed by atoms with E-state index in [9.17, 15) is 0 Å². The molecule has 0 aromatic rings. The number of carboxylic acid groups (broad SMARTS) is 1. The Kier molecular flexibility index (Phi) is 9.03. The van der Waals surface area contributed by atoms with Gasteiger partial charge in [-0.1, -0.05) is 6.92 Å². The van der Waals surface area contributed by atoms with E-state index in [4.69, 9.17) is 14.6 Å². The highest BCUT2D eigenvalue weighted by atomic mass is 16.5. The van der Waals surface area contributed by atoms with Crippen molar-refractivity contribution >= 4 is 6.47 Å². The van der Waals surface area contributed by atoms with Gasteiger partial charge in [0.05, 0.1) is 6.61 Å². The summed E-state index contributed by atoms with van der Waals surface area (Å²) in [5.41, 5.74) is 0. The predicted molar refractivity (Wildman–Crippen MR) is 50.8 cm³/mol. The van der Waals surface area contributed by atoms with Gasteiger partial charge in [0.25, 0.3) is 6.47 Å². The maximum atomic E-state index is 8.36. The quantitative estimate of drug-likeness (QED) is 0.509. The van der Waals surface area contributed by atoms with Gasteiger partial charge in [-0.25, -0.2) is 0 Å². The topological polar surface area (TPSA) is 58.6 Å². The van der Waals surface area contributed by atoms with Gasteiger partial charge in [-0.3, -0.25) is 4.79 Å². The van der Waals surface area contributed by atoms with E-state index >= 15 is 0 Å². The lowest BCUT2D eigenvalue weighted by atomic mass is 10.2. The molecule has 1 rings (SSSR count). The van der Waals surface area contributed by atoms with E-state index in [2.05, 4.69) is 12.2 Å². The Morgan fingerprint density at radius 1 is 1.69 bits per heavy atom. The first-order chi connectivity index (χ1) is 6.35. The highest BCUT2D eigenvalue weighted by molar-refractivity contribution is 5.32. The van der Waals surface area contributed by atoms with E-state index in [-0.39, 0.29) is 6.47 Å². The largest absolute Gasteiger partial charge is 0.483 e. The Morgan fingerprint density at radius 3 is 2.85 bits per heavy atom. The van der Waals surface area contributed by atoms with Crippen LogP contribution >= 0.6 is 0 Å². The molecule has 1 heterocycles. The highest BCUT2D eigenvalue weighted by Gasteiger charge is 2.12. The van der Waals surface area contributed by atoms with Crippen LogP contribution < -0.4 is 5.32 Å². The maximum Gasteiger partial charge on any atom is 0.290 e. The molecule has 0 amide bonds. The molecule has 78 valence electrons. The van der Waals surface area contributed by atoms with Gasteiger partial charge in [-0.15, -0.1) is 0 Å². The van der Waals surface area contributed by atoms with Gasteiger partial charge < -0.3 is 15.2 Å². The molecule has 1 aliphatic rings. The molecule has 2 N–H and O–H groups in total. The maximum absolute atomic E-state index is 8.36. The van der Waals surface area contributed by atoms with Crippen LogP contribution in [0.15, 0.2) is 0 Å². The lowest BCUT2D eigenvalue weighted by Crippen LogP contribution is -2.26. The SMILES string of the molecule is CCCOCC1CCCN1.O=CO. The smallest absolute Gasteiger partial charge is 0.290 e. The first-order valence-corrected chi connectivity index (χ1v) is 4.74. The first kappa shape index (κ1) is 12.4. The average Bonchev–Trinajstić information content (AvgIpc) is 2.59. The fourth-order valence-corrected chi connectivity index (χ4v) is 1.27. The van der Waals surface area contributed by atoms with Crippen LogP contribution in [0.3, 0.4) is 0 Å². The molecule has 0 aromatic heterocycles. The van der Waals surface area contributed by atoms with Gasteiger partial charge in [0.1, 0.15) is 0 Å². The Balaban J connectivity index is 0.000000424. The van der Waals surface area contributed by atoms with Gasteiger partial charge >= 0.3 is 0 Å². The number of nitrogens with one attached hydrogen (secondary N) is 1. The molecule has 4 heteroatoms. The summed E-state index contributed by atoms with van der Waals surface area (Å²) >= 11 is 0. The van der Waals surface area contributed by atoms with Crippen molar-refractivity contribution < 1.29 is 14.6 Å². The van der Waals surface area contributed by atoms with Crippen LogP contribution in [-0.4, -0.2) is 37.4 Å². The van der Waals surface area contributed by atoms with Crippen LogP contribution in [0.1, 0.15) is 26.2 Å². The van der Waals surface area contributed by atoms with Crippen LogP contribution in [0.2, 0.25) is 0 Å². The lowest BCUT2D eigenvalue weighted by molar-refractivity contribution is -0.122. The molecule has 0 aromatic carbocycles. The van der Waals surface area contributed by atoms with Crippen LogP contribution in [0.5, 0.6) is 0 Å². The first-order valence-electron chi connectivity index (χ1n) is 4.74. The molecule has 0 radical (unpaired) electrons. The molecular formula is C9H19NO3. The average molecular weight is 189 g/mol. The summed E-state index contributed by atoms with van der Waals surface area (Å²) in [5, 5.41) is 10.3. The van der Waals surface area contributed by atoms with Crippen LogP contribution in [-0.2, 0) is 9.53 Å². The van der Waals surface area contributed by atoms with Crippen LogP contribution in [0, 0.1) is 0 Å². The monoisotopic (exact) mass is 189 g/mol. The van der Waals surface area contributed by atoms with Crippen molar-refractivity contribution in [2.24, 2.45) is 0 Å². The second-order valence-corrected chi connectivity index (χ2v) is 2.97. The van der Waals surface area contributed by atoms with Crippen molar-refractivity contribution in [3.8, 4) is 0 Å². The fourth-order valence-electron chi connectivity index (χ4n) is 1.27. The van der Waals surface area contributed by atoms with E-state index in [0.29, 0.717) is 6.04 Å². The minimum atomic E-state index is -0.250.